The van der Waals surface area contributed by atoms with Crippen molar-refractivity contribution in [3.05, 3.63) is 24.0 Å². The van der Waals surface area contributed by atoms with Gasteiger partial charge in [0.25, 0.3) is 0 Å². The first-order valence-electron chi connectivity index (χ1n) is 4.11. The monoisotopic (exact) mass is 215 g/mol. The van der Waals surface area contributed by atoms with Gasteiger partial charge in [-0.2, -0.15) is 5.10 Å². The van der Waals surface area contributed by atoms with E-state index in [-0.39, 0.29) is 11.4 Å². The Hall–Kier alpha value is -1.14. The van der Waals surface area contributed by atoms with Gasteiger partial charge in [-0.05, 0) is 13.8 Å². The van der Waals surface area contributed by atoms with E-state index in [1.165, 1.54) is 6.08 Å². The topological polar surface area (TPSA) is 74.8 Å². The lowest BCUT2D eigenvalue weighted by Gasteiger charge is -2.03. The smallest absolute Gasteiger partial charge is 0.244 e. The molecule has 0 bridgehead atoms. The fraction of sp³-hybridized carbons (Fsp3) is 0.375. The minimum atomic E-state index is -3.46. The van der Waals surface area contributed by atoms with Crippen molar-refractivity contribution >= 4 is 10.0 Å². The molecule has 1 aromatic rings. The van der Waals surface area contributed by atoms with E-state index in [9.17, 15) is 8.42 Å². The second-order valence-corrected chi connectivity index (χ2v) is 4.61. The van der Waals surface area contributed by atoms with Crippen LogP contribution in [0.5, 0.6) is 0 Å². The first kappa shape index (κ1) is 10.9. The minimum absolute atomic E-state index is 0.215. The number of rotatable bonds is 4. The Morgan fingerprint density at radius 2 is 2.21 bits per heavy atom. The van der Waals surface area contributed by atoms with E-state index in [2.05, 4.69) is 21.5 Å². The molecule has 0 radical (unpaired) electrons. The van der Waals surface area contributed by atoms with Crippen LogP contribution >= 0.6 is 0 Å². The van der Waals surface area contributed by atoms with Gasteiger partial charge in [0.05, 0.1) is 11.4 Å². The number of aromatic amines is 1. The molecule has 1 aromatic heterocycles. The predicted molar refractivity (Wildman–Crippen MR) is 53.4 cm³/mol. The van der Waals surface area contributed by atoms with Crippen LogP contribution in [0.4, 0.5) is 0 Å². The molecule has 0 unspecified atom stereocenters. The first-order valence-corrected chi connectivity index (χ1v) is 5.59. The lowest BCUT2D eigenvalue weighted by Crippen LogP contribution is -2.24. The van der Waals surface area contributed by atoms with Crippen LogP contribution in [-0.2, 0) is 10.0 Å². The Labute approximate surface area is 83.3 Å². The van der Waals surface area contributed by atoms with Gasteiger partial charge in [0.1, 0.15) is 4.90 Å². The third kappa shape index (κ3) is 2.02. The molecule has 5 nitrogen and oxygen atoms in total. The summed E-state index contributed by atoms with van der Waals surface area (Å²) < 4.78 is 25.7. The predicted octanol–water partition coefficient (Wildman–Crippen LogP) is 0.491. The van der Waals surface area contributed by atoms with E-state index in [0.29, 0.717) is 11.4 Å². The molecule has 1 rings (SSSR count). The molecule has 2 N–H and O–H groups in total. The Bertz CT molecular complexity index is 414. The number of aromatic nitrogens is 2. The van der Waals surface area contributed by atoms with Crippen molar-refractivity contribution in [2.75, 3.05) is 6.54 Å². The number of sulfonamides is 1. The standard InChI is InChI=1S/C8H13N3O2S/c1-4-5-9-14(12,13)8-6(2)10-11-7(8)3/h4,9H,1,5H2,2-3H3,(H,10,11). The van der Waals surface area contributed by atoms with Crippen molar-refractivity contribution in [3.63, 3.8) is 0 Å². The number of hydrogen-bond donors (Lipinski definition) is 2. The maximum absolute atomic E-state index is 11.7. The zero-order valence-electron chi connectivity index (χ0n) is 8.16. The molecule has 0 saturated heterocycles. The summed E-state index contributed by atoms with van der Waals surface area (Å²) >= 11 is 0. The van der Waals surface area contributed by atoms with Gasteiger partial charge >= 0.3 is 0 Å². The Kier molecular flexibility index (Phi) is 3.07. The average molecular weight is 215 g/mol. The highest BCUT2D eigenvalue weighted by molar-refractivity contribution is 7.89. The summed E-state index contributed by atoms with van der Waals surface area (Å²) in [7, 11) is -3.46. The van der Waals surface area contributed by atoms with E-state index in [4.69, 9.17) is 0 Å². The Morgan fingerprint density at radius 3 is 2.64 bits per heavy atom. The molecule has 78 valence electrons. The zero-order valence-corrected chi connectivity index (χ0v) is 8.98. The van der Waals surface area contributed by atoms with Crippen molar-refractivity contribution < 1.29 is 8.42 Å². The normalized spacial score (nSPS) is 11.6. The van der Waals surface area contributed by atoms with E-state index in [1.54, 1.807) is 13.8 Å². The molecule has 0 saturated carbocycles. The van der Waals surface area contributed by atoms with Gasteiger partial charge in [0, 0.05) is 6.54 Å². The van der Waals surface area contributed by atoms with Gasteiger partial charge in [0.15, 0.2) is 0 Å². The maximum atomic E-state index is 11.7. The summed E-state index contributed by atoms with van der Waals surface area (Å²) in [4.78, 5) is 0.222. The summed E-state index contributed by atoms with van der Waals surface area (Å²) in [6.07, 6.45) is 1.49. The molecule has 0 atom stereocenters. The summed E-state index contributed by atoms with van der Waals surface area (Å²) in [5.41, 5.74) is 1.01. The molecule has 0 aliphatic heterocycles. The SMILES string of the molecule is C=CCNS(=O)(=O)c1c(C)n[nH]c1C. The summed E-state index contributed by atoms with van der Waals surface area (Å²) in [6, 6.07) is 0. The molecular weight excluding hydrogens is 202 g/mol. The van der Waals surface area contributed by atoms with Gasteiger partial charge in [-0.1, -0.05) is 6.08 Å². The highest BCUT2D eigenvalue weighted by Gasteiger charge is 2.20. The molecule has 14 heavy (non-hydrogen) atoms. The fourth-order valence-electron chi connectivity index (χ4n) is 1.18. The summed E-state index contributed by atoms with van der Waals surface area (Å²) in [5, 5.41) is 6.44. The third-order valence-electron chi connectivity index (χ3n) is 1.75. The molecule has 0 spiro atoms. The van der Waals surface area contributed by atoms with E-state index >= 15 is 0 Å². The molecule has 0 aliphatic rings. The van der Waals surface area contributed by atoms with Gasteiger partial charge < -0.3 is 0 Å². The number of H-pyrrole nitrogens is 1. The van der Waals surface area contributed by atoms with Crippen LogP contribution in [0, 0.1) is 13.8 Å². The average Bonchev–Trinajstić information content (AvgIpc) is 2.43. The molecular formula is C8H13N3O2S. The lowest BCUT2D eigenvalue weighted by atomic mass is 10.4. The fourth-order valence-corrected chi connectivity index (χ4v) is 2.54. The van der Waals surface area contributed by atoms with Crippen LogP contribution in [-0.4, -0.2) is 25.2 Å². The van der Waals surface area contributed by atoms with Crippen LogP contribution in [0.1, 0.15) is 11.4 Å². The maximum Gasteiger partial charge on any atom is 0.244 e. The van der Waals surface area contributed by atoms with Gasteiger partial charge in [-0.15, -0.1) is 6.58 Å². The number of nitrogens with zero attached hydrogens (tertiary/aromatic N) is 1. The Balaban J connectivity index is 3.09. The van der Waals surface area contributed by atoms with E-state index in [1.807, 2.05) is 0 Å². The summed E-state index contributed by atoms with van der Waals surface area (Å²) in [5.74, 6) is 0. The quantitative estimate of drug-likeness (QED) is 0.718. The Morgan fingerprint density at radius 1 is 1.57 bits per heavy atom. The molecule has 1 heterocycles. The highest BCUT2D eigenvalue weighted by atomic mass is 32.2. The van der Waals surface area contributed by atoms with E-state index in [0.717, 1.165) is 0 Å². The zero-order chi connectivity index (χ0) is 10.8. The largest absolute Gasteiger partial charge is 0.281 e. The van der Waals surface area contributed by atoms with Gasteiger partial charge in [-0.25, -0.2) is 13.1 Å². The highest BCUT2D eigenvalue weighted by Crippen LogP contribution is 2.15. The van der Waals surface area contributed by atoms with Crippen LogP contribution in [0.2, 0.25) is 0 Å². The molecule has 0 amide bonds. The second-order valence-electron chi connectivity index (χ2n) is 2.90. The molecule has 0 aliphatic carbocycles. The van der Waals surface area contributed by atoms with Crippen LogP contribution in [0.15, 0.2) is 17.6 Å². The number of nitrogens with one attached hydrogen (secondary N) is 2. The van der Waals surface area contributed by atoms with Crippen LogP contribution in [0.3, 0.4) is 0 Å². The minimum Gasteiger partial charge on any atom is -0.281 e. The summed E-state index contributed by atoms with van der Waals surface area (Å²) in [6.45, 7) is 6.97. The van der Waals surface area contributed by atoms with Crippen molar-refractivity contribution in [1.82, 2.24) is 14.9 Å². The molecule has 6 heteroatoms. The van der Waals surface area contributed by atoms with Gasteiger partial charge in [0.2, 0.25) is 10.0 Å². The molecule has 0 aromatic carbocycles. The van der Waals surface area contributed by atoms with Crippen molar-refractivity contribution in [3.8, 4) is 0 Å². The lowest BCUT2D eigenvalue weighted by molar-refractivity contribution is 0.584. The third-order valence-corrected chi connectivity index (χ3v) is 3.43. The number of aryl methyl sites for hydroxylation is 2. The van der Waals surface area contributed by atoms with Crippen molar-refractivity contribution in [2.45, 2.75) is 18.7 Å². The van der Waals surface area contributed by atoms with Crippen molar-refractivity contribution in [2.24, 2.45) is 0 Å². The second kappa shape index (κ2) is 3.93. The van der Waals surface area contributed by atoms with Crippen molar-refractivity contribution in [1.29, 1.82) is 0 Å². The van der Waals surface area contributed by atoms with Gasteiger partial charge in [-0.3, -0.25) is 5.10 Å². The van der Waals surface area contributed by atoms with Crippen LogP contribution < -0.4 is 4.72 Å². The molecule has 0 fully saturated rings. The van der Waals surface area contributed by atoms with E-state index < -0.39 is 10.0 Å². The van der Waals surface area contributed by atoms with Crippen LogP contribution in [0.25, 0.3) is 0 Å². The number of hydrogen-bond acceptors (Lipinski definition) is 3. The first-order chi connectivity index (χ1) is 6.49.